The molecule has 0 N–H and O–H groups in total. The summed E-state index contributed by atoms with van der Waals surface area (Å²) in [5.74, 6) is 0.735. The summed E-state index contributed by atoms with van der Waals surface area (Å²) < 4.78 is 23.5. The molecule has 0 saturated heterocycles. The average Bonchev–Trinajstić information content (AvgIpc) is 2.97. The summed E-state index contributed by atoms with van der Waals surface area (Å²) in [7, 11) is -0.401. The summed E-state index contributed by atoms with van der Waals surface area (Å²) in [6.07, 6.45) is 26.4. The van der Waals surface area contributed by atoms with Crippen LogP contribution in [0.1, 0.15) is 128 Å². The molecule has 0 bridgehead atoms. The summed E-state index contributed by atoms with van der Waals surface area (Å²) in [4.78, 5) is 10.9. The van der Waals surface area contributed by atoms with Crippen molar-refractivity contribution in [2.45, 2.75) is 173 Å². The van der Waals surface area contributed by atoms with Crippen molar-refractivity contribution >= 4 is 25.4 Å². The van der Waals surface area contributed by atoms with E-state index in [0.29, 0.717) is 0 Å². The first-order valence-corrected chi connectivity index (χ1v) is 25.9. The molecule has 252 valence electrons. The van der Waals surface area contributed by atoms with Gasteiger partial charge in [0.25, 0.3) is 0 Å². The van der Waals surface area contributed by atoms with Gasteiger partial charge in [0.05, 0.1) is 13.2 Å². The van der Waals surface area contributed by atoms with Gasteiger partial charge in [0.15, 0.2) is 16.6 Å². The highest BCUT2D eigenvalue weighted by Crippen LogP contribution is 2.27. The fourth-order valence-electron chi connectivity index (χ4n) is 6.51. The van der Waals surface area contributed by atoms with E-state index in [1.807, 2.05) is 0 Å². The lowest BCUT2D eigenvalue weighted by atomic mass is 9.90. The van der Waals surface area contributed by atoms with Crippen molar-refractivity contribution in [3.63, 3.8) is 0 Å². The molecule has 1 aliphatic rings. The third-order valence-corrected chi connectivity index (χ3v) is 19.5. The molecule has 0 aromatic carbocycles. The molecule has 0 amide bonds. The van der Waals surface area contributed by atoms with Crippen molar-refractivity contribution in [3.05, 3.63) is 0 Å². The molecule has 1 rings (SSSR count). The van der Waals surface area contributed by atoms with Gasteiger partial charge in [0, 0.05) is 27.4 Å². The number of hydrogen-bond acceptors (Lipinski definition) is 6. The molecular weight excluding hydrogens is 577 g/mol. The fourth-order valence-corrected chi connectivity index (χ4v) is 17.3. The molecule has 0 aliphatic heterocycles. The fraction of sp³-hybridized carbons (Fsp3) is 1.00. The van der Waals surface area contributed by atoms with Gasteiger partial charge in [-0.2, -0.15) is 0 Å². The molecule has 0 aromatic rings. The minimum atomic E-state index is -2.39. The molecule has 0 aromatic heterocycles. The van der Waals surface area contributed by atoms with E-state index in [1.54, 1.807) is 21.3 Å². The van der Waals surface area contributed by atoms with Crippen molar-refractivity contribution in [1.29, 1.82) is 0 Å². The Labute approximate surface area is 265 Å². The predicted octanol–water partition coefficient (Wildman–Crippen LogP) is 10.7. The summed E-state index contributed by atoms with van der Waals surface area (Å²) in [5, 5.41) is 0. The van der Waals surface area contributed by atoms with Crippen LogP contribution < -0.4 is 0 Å². The lowest BCUT2D eigenvalue weighted by molar-refractivity contribution is -0.302. The molecule has 42 heavy (non-hydrogen) atoms. The standard InChI is InChI=1S/C33H72O6Si3/c1-34-42(35-2,36-3)31-25-18-14-13-17-24-30-41(6,7)39-40(4,5)29-23-16-12-10-8-9-11-15-22-28-37-38-32-33-26-20-19-21-27-33/h33H,8-32H2,1-7H3. The van der Waals surface area contributed by atoms with E-state index in [-0.39, 0.29) is 0 Å². The zero-order valence-electron chi connectivity index (χ0n) is 29.2. The van der Waals surface area contributed by atoms with Crippen LogP contribution in [0.15, 0.2) is 0 Å². The summed E-state index contributed by atoms with van der Waals surface area (Å²) in [6, 6.07) is 3.54. The quantitative estimate of drug-likeness (QED) is 0.0348. The second-order valence-corrected chi connectivity index (χ2v) is 26.0. The van der Waals surface area contributed by atoms with Crippen LogP contribution in [0.5, 0.6) is 0 Å². The van der Waals surface area contributed by atoms with E-state index in [0.717, 1.165) is 38.0 Å². The van der Waals surface area contributed by atoms with Gasteiger partial charge in [-0.3, -0.25) is 0 Å². The highest BCUT2D eigenvalue weighted by molar-refractivity contribution is 6.84. The largest absolute Gasteiger partial charge is 0.500 e. The lowest BCUT2D eigenvalue weighted by Crippen LogP contribution is -2.44. The third kappa shape index (κ3) is 21.2. The van der Waals surface area contributed by atoms with Crippen LogP contribution in [0.4, 0.5) is 0 Å². The number of hydrogen-bond donors (Lipinski definition) is 0. The normalized spacial score (nSPS) is 15.5. The molecule has 0 unspecified atom stereocenters. The monoisotopic (exact) mass is 648 g/mol. The van der Waals surface area contributed by atoms with Crippen LogP contribution in [0.2, 0.25) is 44.3 Å². The maximum Gasteiger partial charge on any atom is 0.500 e. The molecule has 0 heterocycles. The topological polar surface area (TPSA) is 55.4 Å². The Hall–Kier alpha value is 0.411. The Balaban J connectivity index is 1.93. The van der Waals surface area contributed by atoms with E-state index in [1.165, 1.54) is 128 Å². The van der Waals surface area contributed by atoms with E-state index < -0.39 is 25.4 Å². The second kappa shape index (κ2) is 24.6. The zero-order valence-corrected chi connectivity index (χ0v) is 32.2. The van der Waals surface area contributed by atoms with Crippen LogP contribution in [0.3, 0.4) is 0 Å². The van der Waals surface area contributed by atoms with E-state index in [4.69, 9.17) is 27.2 Å². The summed E-state index contributed by atoms with van der Waals surface area (Å²) in [6.45, 7) is 11.4. The van der Waals surface area contributed by atoms with Crippen molar-refractivity contribution in [3.8, 4) is 0 Å². The minimum absolute atomic E-state index is 0.735. The SMILES string of the molecule is CO[Si](CCCCCCCC[Si](C)(C)O[Si](C)(C)CCCCCCCCCCCOOCC1CCCCC1)(OC)OC. The molecule has 1 aliphatic carbocycles. The van der Waals surface area contributed by atoms with Gasteiger partial charge in [-0.15, -0.1) is 0 Å². The molecule has 0 atom stereocenters. The van der Waals surface area contributed by atoms with Crippen molar-refractivity contribution < 1.29 is 27.2 Å². The predicted molar refractivity (Wildman–Crippen MR) is 185 cm³/mol. The Morgan fingerprint density at radius 3 is 1.33 bits per heavy atom. The van der Waals surface area contributed by atoms with Gasteiger partial charge in [-0.25, -0.2) is 9.78 Å². The van der Waals surface area contributed by atoms with Crippen LogP contribution in [0.25, 0.3) is 0 Å². The highest BCUT2D eigenvalue weighted by Gasteiger charge is 2.36. The Morgan fingerprint density at radius 1 is 0.476 bits per heavy atom. The van der Waals surface area contributed by atoms with Gasteiger partial charge in [-0.1, -0.05) is 103 Å². The van der Waals surface area contributed by atoms with Gasteiger partial charge in [0.1, 0.15) is 0 Å². The Bertz CT molecular complexity index is 604. The van der Waals surface area contributed by atoms with Crippen LogP contribution in [-0.4, -0.2) is 60.0 Å². The third-order valence-electron chi connectivity index (χ3n) is 9.12. The number of unbranched alkanes of at least 4 members (excludes halogenated alkanes) is 13. The minimum Gasteiger partial charge on any atom is -0.455 e. The van der Waals surface area contributed by atoms with Crippen molar-refractivity contribution in [2.75, 3.05) is 34.5 Å². The molecule has 1 saturated carbocycles. The van der Waals surface area contributed by atoms with Crippen LogP contribution >= 0.6 is 0 Å². The first-order chi connectivity index (χ1) is 20.2. The van der Waals surface area contributed by atoms with E-state index in [9.17, 15) is 0 Å². The van der Waals surface area contributed by atoms with Crippen molar-refractivity contribution in [2.24, 2.45) is 5.92 Å². The molecule has 1 fully saturated rings. The lowest BCUT2D eigenvalue weighted by Gasteiger charge is -2.34. The molecule has 9 heteroatoms. The Morgan fingerprint density at radius 2 is 0.881 bits per heavy atom. The highest BCUT2D eigenvalue weighted by atomic mass is 28.4. The van der Waals surface area contributed by atoms with Crippen LogP contribution in [-0.2, 0) is 27.2 Å². The molecule has 0 spiro atoms. The maximum atomic E-state index is 6.90. The summed E-state index contributed by atoms with van der Waals surface area (Å²) >= 11 is 0. The first kappa shape index (κ1) is 40.4. The van der Waals surface area contributed by atoms with Crippen molar-refractivity contribution in [1.82, 2.24) is 0 Å². The number of rotatable bonds is 29. The van der Waals surface area contributed by atoms with Gasteiger partial charge in [0.2, 0.25) is 0 Å². The Kier molecular flexibility index (Phi) is 23.7. The van der Waals surface area contributed by atoms with E-state index in [2.05, 4.69) is 26.2 Å². The van der Waals surface area contributed by atoms with E-state index >= 15 is 0 Å². The van der Waals surface area contributed by atoms with Gasteiger partial charge < -0.3 is 17.4 Å². The molecule has 0 radical (unpaired) electrons. The van der Waals surface area contributed by atoms with Gasteiger partial charge >= 0.3 is 8.80 Å². The average molecular weight is 649 g/mol. The van der Waals surface area contributed by atoms with Crippen LogP contribution in [0, 0.1) is 5.92 Å². The second-order valence-electron chi connectivity index (χ2n) is 14.1. The maximum absolute atomic E-state index is 6.90. The summed E-state index contributed by atoms with van der Waals surface area (Å²) in [5.41, 5.74) is 0. The smallest absolute Gasteiger partial charge is 0.455 e. The zero-order chi connectivity index (χ0) is 31.0. The first-order valence-electron chi connectivity index (χ1n) is 17.8. The molecular formula is C33H72O6Si3. The van der Waals surface area contributed by atoms with Gasteiger partial charge in [-0.05, 0) is 69.9 Å². The molecule has 6 nitrogen and oxygen atoms in total.